The second-order valence-corrected chi connectivity index (χ2v) is 7.61. The van der Waals surface area contributed by atoms with E-state index in [1.54, 1.807) is 22.4 Å². The zero-order valence-electron chi connectivity index (χ0n) is 17.5. The van der Waals surface area contributed by atoms with Crippen LogP contribution in [-0.4, -0.2) is 40.5 Å². The first-order valence-electron chi connectivity index (χ1n) is 9.30. The van der Waals surface area contributed by atoms with Crippen LogP contribution in [0.25, 0.3) is 22.0 Å². The van der Waals surface area contributed by atoms with Crippen LogP contribution < -0.4 is 0 Å². The molecule has 0 amide bonds. The van der Waals surface area contributed by atoms with E-state index in [0.29, 0.717) is 22.7 Å². The number of methoxy groups -OCH3 is 2. The third kappa shape index (κ3) is 3.56. The van der Waals surface area contributed by atoms with Crippen molar-refractivity contribution in [3.05, 3.63) is 39.8 Å². The van der Waals surface area contributed by atoms with Gasteiger partial charge >= 0.3 is 11.9 Å². The minimum Gasteiger partial charge on any atom is -0.469 e. The van der Waals surface area contributed by atoms with Gasteiger partial charge in [0.1, 0.15) is 5.69 Å². The number of carbonyl (C=O) groups is 2. The Morgan fingerprint density at radius 2 is 1.83 bits per heavy atom. The lowest BCUT2D eigenvalue weighted by Gasteiger charge is -2.11. The molecule has 0 fully saturated rings. The summed E-state index contributed by atoms with van der Waals surface area (Å²) in [4.78, 5) is 24.4. The van der Waals surface area contributed by atoms with Gasteiger partial charge < -0.3 is 14.0 Å². The lowest BCUT2D eigenvalue weighted by atomic mass is 9.98. The van der Waals surface area contributed by atoms with Gasteiger partial charge in [-0.2, -0.15) is 5.10 Å². The quantitative estimate of drug-likeness (QED) is 0.415. The molecule has 0 atom stereocenters. The largest absolute Gasteiger partial charge is 0.469 e. The van der Waals surface area contributed by atoms with Crippen molar-refractivity contribution in [2.45, 2.75) is 25.6 Å². The molecule has 0 saturated heterocycles. The zero-order valence-corrected chi connectivity index (χ0v) is 19.0. The van der Waals surface area contributed by atoms with E-state index in [1.807, 2.05) is 20.0 Å². The van der Waals surface area contributed by atoms with E-state index in [9.17, 15) is 9.59 Å². The summed E-state index contributed by atoms with van der Waals surface area (Å²) in [5, 5.41) is 5.82. The van der Waals surface area contributed by atoms with Gasteiger partial charge in [-0.1, -0.05) is 17.7 Å². The third-order valence-electron chi connectivity index (χ3n) is 5.31. The summed E-state index contributed by atoms with van der Waals surface area (Å²) in [6, 6.07) is 3.64. The third-order valence-corrected chi connectivity index (χ3v) is 5.88. The summed E-state index contributed by atoms with van der Waals surface area (Å²) in [5.41, 5.74) is 5.00. The molecule has 0 saturated carbocycles. The Morgan fingerprint density at radius 3 is 2.43 bits per heavy atom. The van der Waals surface area contributed by atoms with Gasteiger partial charge in [0.2, 0.25) is 0 Å². The predicted octanol–water partition coefficient (Wildman–Crippen LogP) is 4.17. The topological polar surface area (TPSA) is 75.4 Å². The Morgan fingerprint density at radius 1 is 1.13 bits per heavy atom. The molecule has 0 bridgehead atoms. The number of ether oxygens (including phenoxy) is 2. The Hall–Kier alpha value is -2.51. The Bertz CT molecular complexity index is 1150. The maximum Gasteiger partial charge on any atom is 0.354 e. The summed E-state index contributed by atoms with van der Waals surface area (Å²) in [7, 11) is 6.27. The number of hydrogen-bond donors (Lipinski definition) is 0. The molecule has 2 aromatic heterocycles. The normalized spacial score (nSPS) is 11.2. The highest BCUT2D eigenvalue weighted by Crippen LogP contribution is 2.42. The maximum absolute atomic E-state index is 12.6. The lowest BCUT2D eigenvalue weighted by molar-refractivity contribution is -0.140. The first-order valence-corrected chi connectivity index (χ1v) is 10.2. The summed E-state index contributed by atoms with van der Waals surface area (Å²) in [5.74, 6) is -0.594. The number of carbonyl (C=O) groups excluding carboxylic acids is 2. The average molecular weight is 452 g/mol. The van der Waals surface area contributed by atoms with Crippen molar-refractivity contribution >= 4 is 46.0 Å². The van der Waals surface area contributed by atoms with E-state index in [4.69, 9.17) is 32.7 Å². The smallest absolute Gasteiger partial charge is 0.354 e. The van der Waals surface area contributed by atoms with Gasteiger partial charge in [-0.3, -0.25) is 9.48 Å². The van der Waals surface area contributed by atoms with Crippen molar-refractivity contribution in [3.8, 4) is 11.1 Å². The number of alkyl halides is 1. The highest BCUT2D eigenvalue weighted by Gasteiger charge is 2.27. The molecular formula is C21H23Cl2N3O4. The number of fused-ring (bicyclic) bond motifs is 1. The predicted molar refractivity (Wildman–Crippen MR) is 116 cm³/mol. The fourth-order valence-corrected chi connectivity index (χ4v) is 4.52. The zero-order chi connectivity index (χ0) is 22.2. The van der Waals surface area contributed by atoms with Crippen LogP contribution in [0, 0.1) is 6.92 Å². The number of hydrogen-bond acceptors (Lipinski definition) is 5. The Labute approximate surface area is 184 Å². The van der Waals surface area contributed by atoms with Crippen LogP contribution >= 0.6 is 23.2 Å². The molecule has 0 aliphatic carbocycles. The van der Waals surface area contributed by atoms with Crippen molar-refractivity contribution in [1.82, 2.24) is 14.3 Å². The van der Waals surface area contributed by atoms with Gasteiger partial charge in [-0.25, -0.2) is 4.79 Å². The second-order valence-electron chi connectivity index (χ2n) is 6.94. The number of halogens is 2. The average Bonchev–Trinajstić information content (AvgIpc) is 3.17. The number of esters is 2. The van der Waals surface area contributed by atoms with Crippen molar-refractivity contribution < 1.29 is 19.1 Å². The molecule has 1 aromatic carbocycles. The van der Waals surface area contributed by atoms with Crippen molar-refractivity contribution in [2.24, 2.45) is 14.1 Å². The molecule has 2 heterocycles. The first-order chi connectivity index (χ1) is 14.3. The molecular weight excluding hydrogens is 429 g/mol. The standard InChI is InChI=1S/C21H23Cl2N3O4/c1-11-17(15(10-22)26(3)24-11)18-14(23)8-6-12-13(7-9-16(27)29-4)20(21(28)30-5)25(2)19(12)18/h6,8H,7,9-10H2,1-5H3. The summed E-state index contributed by atoms with van der Waals surface area (Å²) < 4.78 is 13.3. The number of nitrogens with zero attached hydrogens (tertiary/aromatic N) is 3. The van der Waals surface area contributed by atoms with Crippen molar-refractivity contribution in [3.63, 3.8) is 0 Å². The van der Waals surface area contributed by atoms with Gasteiger partial charge in [0.05, 0.1) is 42.0 Å². The van der Waals surface area contributed by atoms with Crippen LogP contribution in [0.15, 0.2) is 12.1 Å². The molecule has 160 valence electrons. The van der Waals surface area contributed by atoms with E-state index in [-0.39, 0.29) is 18.3 Å². The minimum atomic E-state index is -0.490. The maximum atomic E-state index is 12.6. The van der Waals surface area contributed by atoms with E-state index < -0.39 is 5.97 Å². The highest BCUT2D eigenvalue weighted by molar-refractivity contribution is 6.35. The molecule has 0 radical (unpaired) electrons. The monoisotopic (exact) mass is 451 g/mol. The Kier molecular flexibility index (Phi) is 6.43. The summed E-state index contributed by atoms with van der Waals surface area (Å²) in [6.45, 7) is 1.89. The number of aromatic nitrogens is 3. The lowest BCUT2D eigenvalue weighted by Crippen LogP contribution is -2.11. The molecule has 9 heteroatoms. The SMILES string of the molecule is COC(=O)CCc1c(C(=O)OC)n(C)c2c(-c3c(C)nn(C)c3CCl)c(Cl)ccc12. The van der Waals surface area contributed by atoms with Crippen LogP contribution in [0.2, 0.25) is 5.02 Å². The first kappa shape index (κ1) is 22.2. The molecule has 0 aliphatic rings. The van der Waals surface area contributed by atoms with E-state index >= 15 is 0 Å². The minimum absolute atomic E-state index is 0.135. The van der Waals surface area contributed by atoms with Gasteiger partial charge in [-0.05, 0) is 25.0 Å². The molecule has 7 nitrogen and oxygen atoms in total. The highest BCUT2D eigenvalue weighted by atomic mass is 35.5. The number of aryl methyl sites for hydroxylation is 4. The van der Waals surface area contributed by atoms with Gasteiger partial charge in [0, 0.05) is 37.0 Å². The fourth-order valence-electron chi connectivity index (χ4n) is 3.96. The van der Waals surface area contributed by atoms with Crippen LogP contribution in [0.4, 0.5) is 0 Å². The molecule has 3 rings (SSSR count). The molecule has 0 aliphatic heterocycles. The van der Waals surface area contributed by atoms with Crippen LogP contribution in [0.1, 0.15) is 33.9 Å². The van der Waals surface area contributed by atoms with Gasteiger partial charge in [0.25, 0.3) is 0 Å². The van der Waals surface area contributed by atoms with E-state index in [0.717, 1.165) is 33.4 Å². The van der Waals surface area contributed by atoms with E-state index in [2.05, 4.69) is 5.10 Å². The summed E-state index contributed by atoms with van der Waals surface area (Å²) >= 11 is 12.9. The number of rotatable bonds is 6. The van der Waals surface area contributed by atoms with Gasteiger partial charge in [0.15, 0.2) is 0 Å². The summed E-state index contributed by atoms with van der Waals surface area (Å²) in [6.07, 6.45) is 0.459. The molecule has 0 spiro atoms. The van der Waals surface area contributed by atoms with Gasteiger partial charge in [-0.15, -0.1) is 11.6 Å². The van der Waals surface area contributed by atoms with Crippen molar-refractivity contribution in [1.29, 1.82) is 0 Å². The Balaban J connectivity index is 2.39. The van der Waals surface area contributed by atoms with Crippen molar-refractivity contribution in [2.75, 3.05) is 14.2 Å². The van der Waals surface area contributed by atoms with Crippen LogP contribution in [0.5, 0.6) is 0 Å². The molecule has 0 unspecified atom stereocenters. The number of benzene rings is 1. The second kappa shape index (κ2) is 8.70. The molecule has 0 N–H and O–H groups in total. The van der Waals surface area contributed by atoms with Crippen LogP contribution in [-0.2, 0) is 40.7 Å². The molecule has 30 heavy (non-hydrogen) atoms. The van der Waals surface area contributed by atoms with E-state index in [1.165, 1.54) is 14.2 Å². The van der Waals surface area contributed by atoms with Crippen LogP contribution in [0.3, 0.4) is 0 Å². The molecule has 3 aromatic rings. The fraction of sp³-hybridized carbons (Fsp3) is 0.381.